The van der Waals surface area contributed by atoms with Crippen molar-refractivity contribution in [2.45, 2.75) is 17.9 Å². The maximum Gasteiger partial charge on any atom is 0.191 e. The van der Waals surface area contributed by atoms with Crippen molar-refractivity contribution in [1.29, 1.82) is 0 Å². The average molecular weight is 526 g/mol. The highest BCUT2D eigenvalue weighted by atomic mass is 127. The van der Waals surface area contributed by atoms with Gasteiger partial charge in [0, 0.05) is 34.3 Å². The minimum atomic E-state index is -1.04. The molecule has 2 rings (SSSR count). The lowest BCUT2D eigenvalue weighted by atomic mass is 10.1. The van der Waals surface area contributed by atoms with E-state index in [-0.39, 0.29) is 30.0 Å². The molecular formula is C18H22Cl2IN3OS. The fraction of sp³-hybridized carbons (Fsp3) is 0.278. The fourth-order valence-corrected chi connectivity index (χ4v) is 3.84. The van der Waals surface area contributed by atoms with Gasteiger partial charge in [-0.05, 0) is 36.8 Å². The Morgan fingerprint density at radius 1 is 1.19 bits per heavy atom. The van der Waals surface area contributed by atoms with E-state index in [2.05, 4.69) is 15.6 Å². The van der Waals surface area contributed by atoms with Crippen LogP contribution in [0, 0.1) is 0 Å². The molecule has 0 spiro atoms. The molecule has 0 aliphatic heterocycles. The highest BCUT2D eigenvalue weighted by Crippen LogP contribution is 2.25. The second kappa shape index (κ2) is 11.8. The Morgan fingerprint density at radius 2 is 1.88 bits per heavy atom. The van der Waals surface area contributed by atoms with Crippen LogP contribution >= 0.6 is 47.2 Å². The van der Waals surface area contributed by atoms with E-state index in [9.17, 15) is 4.21 Å². The van der Waals surface area contributed by atoms with Crippen molar-refractivity contribution in [3.8, 4) is 0 Å². The first-order chi connectivity index (χ1) is 12.0. The molecule has 2 unspecified atom stereocenters. The molecule has 0 amide bonds. The van der Waals surface area contributed by atoms with Crippen molar-refractivity contribution >= 4 is 63.9 Å². The van der Waals surface area contributed by atoms with E-state index in [1.807, 2.05) is 43.3 Å². The molecule has 0 aromatic heterocycles. The summed E-state index contributed by atoms with van der Waals surface area (Å²) in [6, 6.07) is 14.8. The van der Waals surface area contributed by atoms with Gasteiger partial charge in [0.2, 0.25) is 0 Å². The number of nitrogens with one attached hydrogen (secondary N) is 2. The Morgan fingerprint density at radius 3 is 2.50 bits per heavy atom. The van der Waals surface area contributed by atoms with Crippen LogP contribution in [-0.2, 0) is 10.8 Å². The number of nitrogens with zero attached hydrogens (tertiary/aromatic N) is 1. The number of hydrogen-bond acceptors (Lipinski definition) is 2. The first-order valence-electron chi connectivity index (χ1n) is 7.87. The van der Waals surface area contributed by atoms with E-state index in [1.54, 1.807) is 19.2 Å². The lowest BCUT2D eigenvalue weighted by Crippen LogP contribution is -2.40. The Bertz CT molecular complexity index is 759. The van der Waals surface area contributed by atoms with Crippen LogP contribution in [0.1, 0.15) is 18.5 Å². The second-order valence-electron chi connectivity index (χ2n) is 5.39. The Hall–Kier alpha value is -0.830. The van der Waals surface area contributed by atoms with Crippen LogP contribution in [0.3, 0.4) is 0 Å². The lowest BCUT2D eigenvalue weighted by Gasteiger charge is -2.19. The normalized spacial score (nSPS) is 13.5. The minimum absolute atomic E-state index is 0. The summed E-state index contributed by atoms with van der Waals surface area (Å²) in [5.74, 6) is 1.13. The van der Waals surface area contributed by atoms with Crippen LogP contribution in [-0.4, -0.2) is 29.5 Å². The molecule has 0 radical (unpaired) electrons. The monoisotopic (exact) mass is 525 g/mol. The van der Waals surface area contributed by atoms with E-state index < -0.39 is 10.8 Å². The summed E-state index contributed by atoms with van der Waals surface area (Å²) in [5, 5.41) is 7.66. The van der Waals surface area contributed by atoms with Gasteiger partial charge in [0.15, 0.2) is 5.96 Å². The van der Waals surface area contributed by atoms with Crippen LogP contribution < -0.4 is 10.6 Å². The topological polar surface area (TPSA) is 53.5 Å². The van der Waals surface area contributed by atoms with Crippen LogP contribution in [0.5, 0.6) is 0 Å². The second-order valence-corrected chi connectivity index (χ2v) is 7.81. The summed E-state index contributed by atoms with van der Waals surface area (Å²) < 4.78 is 12.2. The lowest BCUT2D eigenvalue weighted by molar-refractivity contribution is 0.677. The van der Waals surface area contributed by atoms with E-state index in [0.29, 0.717) is 28.3 Å². The Labute approximate surface area is 184 Å². The Balaban J connectivity index is 0.00000338. The molecule has 0 fully saturated rings. The van der Waals surface area contributed by atoms with Crippen LogP contribution in [0.4, 0.5) is 0 Å². The molecule has 4 nitrogen and oxygen atoms in total. The summed E-state index contributed by atoms with van der Waals surface area (Å²) in [6.07, 6.45) is 0. The quantitative estimate of drug-likeness (QED) is 0.328. The van der Waals surface area contributed by atoms with Crippen molar-refractivity contribution < 1.29 is 4.21 Å². The van der Waals surface area contributed by atoms with E-state index in [0.717, 1.165) is 10.5 Å². The third-order valence-corrected chi connectivity index (χ3v) is 5.53. The van der Waals surface area contributed by atoms with Crippen LogP contribution in [0.15, 0.2) is 58.4 Å². The number of hydrogen-bond donors (Lipinski definition) is 2. The largest absolute Gasteiger partial charge is 0.355 e. The zero-order chi connectivity index (χ0) is 18.2. The van der Waals surface area contributed by atoms with Gasteiger partial charge in [0.1, 0.15) is 0 Å². The van der Waals surface area contributed by atoms with Gasteiger partial charge >= 0.3 is 0 Å². The smallest absolute Gasteiger partial charge is 0.191 e. The van der Waals surface area contributed by atoms with Crippen LogP contribution in [0.25, 0.3) is 0 Å². The number of rotatable bonds is 6. The summed E-state index contributed by atoms with van der Waals surface area (Å²) in [6.45, 7) is 2.53. The number of aliphatic imine (C=N–C) groups is 1. The van der Waals surface area contributed by atoms with E-state index in [4.69, 9.17) is 23.2 Å². The first-order valence-corrected chi connectivity index (χ1v) is 9.94. The highest BCUT2D eigenvalue weighted by Gasteiger charge is 2.12. The molecule has 0 aliphatic carbocycles. The molecule has 0 heterocycles. The first kappa shape index (κ1) is 23.2. The van der Waals surface area contributed by atoms with Crippen molar-refractivity contribution in [3.05, 3.63) is 64.1 Å². The van der Waals surface area contributed by atoms with Crippen molar-refractivity contribution in [1.82, 2.24) is 10.6 Å². The Kier molecular flexibility index (Phi) is 10.5. The summed E-state index contributed by atoms with van der Waals surface area (Å²) in [4.78, 5) is 5.02. The molecule has 0 aliphatic rings. The minimum Gasteiger partial charge on any atom is -0.355 e. The number of benzene rings is 2. The summed E-state index contributed by atoms with van der Waals surface area (Å²) >= 11 is 12.2. The molecule has 2 atom stereocenters. The molecular weight excluding hydrogens is 504 g/mol. The third kappa shape index (κ3) is 7.06. The number of guanidine groups is 1. The van der Waals surface area contributed by atoms with Crippen molar-refractivity contribution in [2.75, 3.05) is 19.3 Å². The van der Waals surface area contributed by atoms with Gasteiger partial charge < -0.3 is 10.6 Å². The molecule has 2 N–H and O–H groups in total. The van der Waals surface area contributed by atoms with E-state index >= 15 is 0 Å². The van der Waals surface area contributed by atoms with Gasteiger partial charge in [0.25, 0.3) is 0 Å². The predicted molar refractivity (Wildman–Crippen MR) is 123 cm³/mol. The standard InChI is InChI=1S/C18H21Cl2N3OS.HI/c1-13(16-9-8-14(19)12-17(16)20)23-18(21-2)22-10-11-25(24)15-6-4-3-5-7-15;/h3-9,12-13H,10-11H2,1-2H3,(H2,21,22,23);1H. The fourth-order valence-electron chi connectivity index (χ4n) is 2.28. The predicted octanol–water partition coefficient (Wildman–Crippen LogP) is 4.65. The maximum absolute atomic E-state index is 12.2. The summed E-state index contributed by atoms with van der Waals surface area (Å²) in [7, 11) is 0.656. The zero-order valence-corrected chi connectivity index (χ0v) is 19.2. The average Bonchev–Trinajstić information content (AvgIpc) is 2.61. The molecule has 0 saturated heterocycles. The van der Waals surface area contributed by atoms with E-state index in [1.165, 1.54) is 0 Å². The SMILES string of the molecule is CN=C(NCCS(=O)c1ccccc1)NC(C)c1ccc(Cl)cc1Cl.I. The number of halogens is 3. The van der Waals surface area contributed by atoms with Crippen LogP contribution in [0.2, 0.25) is 10.0 Å². The third-order valence-electron chi connectivity index (χ3n) is 3.59. The molecule has 26 heavy (non-hydrogen) atoms. The highest BCUT2D eigenvalue weighted by molar-refractivity contribution is 14.0. The van der Waals surface area contributed by atoms with Gasteiger partial charge in [-0.15, -0.1) is 24.0 Å². The molecule has 8 heteroatoms. The molecule has 2 aromatic rings. The van der Waals surface area contributed by atoms with Gasteiger partial charge in [0.05, 0.1) is 16.8 Å². The zero-order valence-electron chi connectivity index (χ0n) is 14.5. The molecule has 2 aromatic carbocycles. The van der Waals surface area contributed by atoms with Gasteiger partial charge in [-0.1, -0.05) is 47.5 Å². The van der Waals surface area contributed by atoms with Gasteiger partial charge in [-0.3, -0.25) is 9.20 Å². The maximum atomic E-state index is 12.2. The molecule has 0 bridgehead atoms. The summed E-state index contributed by atoms with van der Waals surface area (Å²) in [5.41, 5.74) is 0.932. The van der Waals surface area contributed by atoms with Gasteiger partial charge in [-0.25, -0.2) is 0 Å². The van der Waals surface area contributed by atoms with Gasteiger partial charge in [-0.2, -0.15) is 0 Å². The molecule has 142 valence electrons. The van der Waals surface area contributed by atoms with Crippen molar-refractivity contribution in [3.63, 3.8) is 0 Å². The van der Waals surface area contributed by atoms with Crippen molar-refractivity contribution in [2.24, 2.45) is 4.99 Å². The molecule has 0 saturated carbocycles.